The van der Waals surface area contributed by atoms with E-state index in [1.807, 2.05) is 24.4 Å². The van der Waals surface area contributed by atoms with Crippen molar-refractivity contribution in [3.05, 3.63) is 40.1 Å². The van der Waals surface area contributed by atoms with Gasteiger partial charge in [-0.3, -0.25) is 0 Å². The number of hydrogen-bond donors (Lipinski definition) is 1. The first-order valence-corrected chi connectivity index (χ1v) is 7.11. The van der Waals surface area contributed by atoms with E-state index >= 15 is 0 Å². The summed E-state index contributed by atoms with van der Waals surface area (Å²) in [5, 5.41) is 3.94. The highest BCUT2D eigenvalue weighted by atomic mass is 79.9. The van der Waals surface area contributed by atoms with Gasteiger partial charge < -0.3 is 9.88 Å². The van der Waals surface area contributed by atoms with Crippen LogP contribution in [0.3, 0.4) is 0 Å². The van der Waals surface area contributed by atoms with E-state index in [9.17, 15) is 0 Å². The fraction of sp³-hybridized carbons (Fsp3) is 0.308. The fourth-order valence-electron chi connectivity index (χ4n) is 1.66. The van der Waals surface area contributed by atoms with Crippen LogP contribution < -0.4 is 5.32 Å². The molecule has 5 heteroatoms. The van der Waals surface area contributed by atoms with Gasteiger partial charge in [0.15, 0.2) is 0 Å². The lowest BCUT2D eigenvalue weighted by atomic mass is 10.3. The molecule has 0 saturated heterocycles. The summed E-state index contributed by atoms with van der Waals surface area (Å²) in [6.45, 7) is 3.14. The highest BCUT2D eigenvalue weighted by Gasteiger charge is 2.06. The number of anilines is 2. The van der Waals surface area contributed by atoms with Crippen molar-refractivity contribution in [2.45, 2.75) is 26.3 Å². The van der Waals surface area contributed by atoms with Gasteiger partial charge in [-0.1, -0.05) is 40.9 Å². The lowest BCUT2D eigenvalue weighted by Crippen LogP contribution is -2.03. The summed E-state index contributed by atoms with van der Waals surface area (Å²) in [6, 6.07) is 5.71. The van der Waals surface area contributed by atoms with Gasteiger partial charge in [0, 0.05) is 23.4 Å². The van der Waals surface area contributed by atoms with Crippen molar-refractivity contribution in [2.24, 2.45) is 0 Å². The first-order valence-electron chi connectivity index (χ1n) is 5.94. The van der Waals surface area contributed by atoms with Crippen molar-refractivity contribution < 1.29 is 0 Å². The van der Waals surface area contributed by atoms with Crippen molar-refractivity contribution in [2.75, 3.05) is 5.32 Å². The van der Waals surface area contributed by atoms with Crippen LogP contribution in [0.25, 0.3) is 0 Å². The summed E-state index contributed by atoms with van der Waals surface area (Å²) < 4.78 is 3.09. The number of hydrogen-bond acceptors (Lipinski definition) is 2. The maximum atomic E-state index is 6.15. The zero-order valence-corrected chi connectivity index (χ0v) is 12.5. The largest absolute Gasteiger partial charge is 0.324 e. The monoisotopic (exact) mass is 327 g/mol. The van der Waals surface area contributed by atoms with E-state index < -0.39 is 0 Å². The van der Waals surface area contributed by atoms with E-state index in [0.717, 1.165) is 35.5 Å². The van der Waals surface area contributed by atoms with Crippen LogP contribution in [0.1, 0.15) is 19.8 Å². The standard InChI is InChI=1S/C13H15BrClN3/c1-2-3-7-18-8-6-16-13(18)17-12-9-10(14)4-5-11(12)15/h4-6,8-9H,2-3,7H2,1H3,(H,16,17). The van der Waals surface area contributed by atoms with E-state index in [-0.39, 0.29) is 0 Å². The van der Waals surface area contributed by atoms with E-state index in [4.69, 9.17) is 11.6 Å². The van der Waals surface area contributed by atoms with Crippen molar-refractivity contribution in [3.63, 3.8) is 0 Å². The van der Waals surface area contributed by atoms with E-state index in [2.05, 4.69) is 37.7 Å². The molecule has 0 bridgehead atoms. The molecule has 1 N–H and O–H groups in total. The molecule has 2 rings (SSSR count). The second kappa shape index (κ2) is 6.25. The van der Waals surface area contributed by atoms with Gasteiger partial charge in [-0.2, -0.15) is 0 Å². The van der Waals surface area contributed by atoms with Gasteiger partial charge in [-0.15, -0.1) is 0 Å². The van der Waals surface area contributed by atoms with Gasteiger partial charge in [-0.25, -0.2) is 4.98 Å². The molecule has 0 fully saturated rings. The number of halogens is 2. The number of imidazole rings is 1. The Labute approximate surface area is 120 Å². The Bertz CT molecular complexity index is 525. The third-order valence-corrected chi connectivity index (χ3v) is 3.47. The molecule has 0 aliphatic carbocycles. The minimum Gasteiger partial charge on any atom is -0.324 e. The number of aryl methyl sites for hydroxylation is 1. The summed E-state index contributed by atoms with van der Waals surface area (Å²) in [5.74, 6) is 0.823. The Kier molecular flexibility index (Phi) is 4.66. The molecule has 96 valence electrons. The molecule has 0 amide bonds. The fourth-order valence-corrected chi connectivity index (χ4v) is 2.18. The van der Waals surface area contributed by atoms with Crippen LogP contribution in [-0.2, 0) is 6.54 Å². The molecule has 1 heterocycles. The molecule has 0 atom stereocenters. The average Bonchev–Trinajstić information content (AvgIpc) is 2.79. The molecule has 0 aliphatic rings. The van der Waals surface area contributed by atoms with Gasteiger partial charge >= 0.3 is 0 Å². The molecule has 1 aromatic heterocycles. The van der Waals surface area contributed by atoms with Gasteiger partial charge in [0.2, 0.25) is 5.95 Å². The number of benzene rings is 1. The molecule has 3 nitrogen and oxygen atoms in total. The van der Waals surface area contributed by atoms with Crippen LogP contribution >= 0.6 is 27.5 Å². The van der Waals surface area contributed by atoms with E-state index in [1.165, 1.54) is 0 Å². The number of nitrogens with zero attached hydrogens (tertiary/aromatic N) is 2. The topological polar surface area (TPSA) is 29.9 Å². The molecule has 18 heavy (non-hydrogen) atoms. The van der Waals surface area contributed by atoms with E-state index in [1.54, 1.807) is 6.20 Å². The highest BCUT2D eigenvalue weighted by Crippen LogP contribution is 2.28. The third-order valence-electron chi connectivity index (χ3n) is 2.64. The SMILES string of the molecule is CCCCn1ccnc1Nc1cc(Br)ccc1Cl. The Balaban J connectivity index is 2.18. The molecule has 2 aromatic rings. The van der Waals surface area contributed by atoms with Crippen molar-refractivity contribution in [1.29, 1.82) is 0 Å². The minimum atomic E-state index is 0.684. The maximum absolute atomic E-state index is 6.15. The quantitative estimate of drug-likeness (QED) is 0.851. The lowest BCUT2D eigenvalue weighted by molar-refractivity contribution is 0.638. The minimum absolute atomic E-state index is 0.684. The third kappa shape index (κ3) is 3.27. The van der Waals surface area contributed by atoms with Gasteiger partial charge in [-0.05, 0) is 24.6 Å². The Morgan fingerprint density at radius 1 is 1.44 bits per heavy atom. The van der Waals surface area contributed by atoms with Crippen molar-refractivity contribution in [1.82, 2.24) is 9.55 Å². The summed E-state index contributed by atoms with van der Waals surface area (Å²) in [4.78, 5) is 4.31. The smallest absolute Gasteiger partial charge is 0.207 e. The number of unbranched alkanes of at least 4 members (excludes halogenated alkanes) is 1. The summed E-state index contributed by atoms with van der Waals surface area (Å²) in [6.07, 6.45) is 6.07. The maximum Gasteiger partial charge on any atom is 0.207 e. The second-order valence-electron chi connectivity index (χ2n) is 4.05. The van der Waals surface area contributed by atoms with Crippen LogP contribution in [-0.4, -0.2) is 9.55 Å². The average molecular weight is 329 g/mol. The van der Waals surface area contributed by atoms with E-state index in [0.29, 0.717) is 5.02 Å². The Hall–Kier alpha value is -1.000. The van der Waals surface area contributed by atoms with Gasteiger partial charge in [0.05, 0.1) is 10.7 Å². The number of rotatable bonds is 5. The molecular weight excluding hydrogens is 314 g/mol. The zero-order chi connectivity index (χ0) is 13.0. The predicted octanol–water partition coefficient (Wildman–Crippen LogP) is 4.84. The van der Waals surface area contributed by atoms with Crippen LogP contribution in [0.15, 0.2) is 35.1 Å². The number of nitrogens with one attached hydrogen (secondary N) is 1. The second-order valence-corrected chi connectivity index (χ2v) is 5.37. The first kappa shape index (κ1) is 13.4. The van der Waals surface area contributed by atoms with Crippen molar-refractivity contribution in [3.8, 4) is 0 Å². The molecule has 0 radical (unpaired) electrons. The lowest BCUT2D eigenvalue weighted by Gasteiger charge is -2.10. The van der Waals surface area contributed by atoms with Crippen LogP contribution in [0.5, 0.6) is 0 Å². The summed E-state index contributed by atoms with van der Waals surface area (Å²) in [5.41, 5.74) is 0.856. The normalized spacial score (nSPS) is 10.6. The van der Waals surface area contributed by atoms with Crippen LogP contribution in [0.2, 0.25) is 5.02 Å². The van der Waals surface area contributed by atoms with Crippen LogP contribution in [0, 0.1) is 0 Å². The molecule has 0 saturated carbocycles. The zero-order valence-electron chi connectivity index (χ0n) is 10.2. The highest BCUT2D eigenvalue weighted by molar-refractivity contribution is 9.10. The first-order chi connectivity index (χ1) is 8.70. The summed E-state index contributed by atoms with van der Waals surface area (Å²) in [7, 11) is 0. The number of aromatic nitrogens is 2. The molecule has 0 unspecified atom stereocenters. The Morgan fingerprint density at radius 2 is 2.28 bits per heavy atom. The van der Waals surface area contributed by atoms with Gasteiger partial charge in [0.1, 0.15) is 0 Å². The molecule has 0 aliphatic heterocycles. The molecule has 1 aromatic carbocycles. The summed E-state index contributed by atoms with van der Waals surface area (Å²) >= 11 is 9.58. The molecular formula is C13H15BrClN3. The predicted molar refractivity (Wildman–Crippen MR) is 79.6 cm³/mol. The van der Waals surface area contributed by atoms with Gasteiger partial charge in [0.25, 0.3) is 0 Å². The molecule has 0 spiro atoms. The van der Waals surface area contributed by atoms with Crippen LogP contribution in [0.4, 0.5) is 11.6 Å². The Morgan fingerprint density at radius 3 is 3.06 bits per heavy atom. The van der Waals surface area contributed by atoms with Crippen molar-refractivity contribution >= 4 is 39.2 Å².